The Hall–Kier alpha value is -1.00. The van der Waals surface area contributed by atoms with Crippen molar-refractivity contribution >= 4 is 20.0 Å². The molecule has 3 N–H and O–H groups in total. The molecule has 0 heterocycles. The lowest BCUT2D eigenvalue weighted by molar-refractivity contribution is 0.519. The summed E-state index contributed by atoms with van der Waals surface area (Å²) in [6.45, 7) is 0.149. The van der Waals surface area contributed by atoms with Crippen LogP contribution in [0.2, 0.25) is 0 Å². The SMILES string of the molecule is CN(C)S(=O)(=O)CCNS(=O)(=O)c1ccc(CN)cc1. The molecule has 9 heteroatoms. The maximum atomic E-state index is 11.9. The van der Waals surface area contributed by atoms with Gasteiger partial charge in [-0.25, -0.2) is 25.9 Å². The van der Waals surface area contributed by atoms with E-state index in [9.17, 15) is 16.8 Å². The molecule has 1 rings (SSSR count). The molecule has 0 saturated carbocycles. The molecule has 0 amide bonds. The Morgan fingerprint density at radius 3 is 2.10 bits per heavy atom. The van der Waals surface area contributed by atoms with Crippen LogP contribution in [0.15, 0.2) is 29.2 Å². The van der Waals surface area contributed by atoms with Gasteiger partial charge in [0.2, 0.25) is 20.0 Å². The average molecular weight is 321 g/mol. The summed E-state index contributed by atoms with van der Waals surface area (Å²) >= 11 is 0. The van der Waals surface area contributed by atoms with Crippen LogP contribution in [0.3, 0.4) is 0 Å². The van der Waals surface area contributed by atoms with Gasteiger partial charge in [-0.15, -0.1) is 0 Å². The fourth-order valence-electron chi connectivity index (χ4n) is 1.38. The molecule has 0 radical (unpaired) electrons. The van der Waals surface area contributed by atoms with Crippen LogP contribution in [0.1, 0.15) is 5.56 Å². The van der Waals surface area contributed by atoms with Gasteiger partial charge in [0.25, 0.3) is 0 Å². The van der Waals surface area contributed by atoms with E-state index >= 15 is 0 Å². The van der Waals surface area contributed by atoms with Crippen molar-refractivity contribution in [2.24, 2.45) is 5.73 Å². The summed E-state index contributed by atoms with van der Waals surface area (Å²) in [4.78, 5) is 0.0805. The molecule has 0 aliphatic rings. The molecule has 7 nitrogen and oxygen atoms in total. The molecule has 0 saturated heterocycles. The summed E-state index contributed by atoms with van der Waals surface area (Å²) in [5.41, 5.74) is 6.25. The Morgan fingerprint density at radius 2 is 1.65 bits per heavy atom. The van der Waals surface area contributed by atoms with E-state index in [1.165, 1.54) is 26.2 Å². The highest BCUT2D eigenvalue weighted by Gasteiger charge is 2.17. The zero-order valence-electron chi connectivity index (χ0n) is 11.4. The van der Waals surface area contributed by atoms with Crippen LogP contribution in [0.25, 0.3) is 0 Å². The van der Waals surface area contributed by atoms with Gasteiger partial charge in [-0.1, -0.05) is 12.1 Å². The lowest BCUT2D eigenvalue weighted by Crippen LogP contribution is -2.33. The van der Waals surface area contributed by atoms with Gasteiger partial charge in [-0.2, -0.15) is 0 Å². The third kappa shape index (κ3) is 4.53. The largest absolute Gasteiger partial charge is 0.326 e. The van der Waals surface area contributed by atoms with Gasteiger partial charge in [-0.3, -0.25) is 0 Å². The number of benzene rings is 1. The monoisotopic (exact) mass is 321 g/mol. The lowest BCUT2D eigenvalue weighted by atomic mass is 10.2. The second-order valence-electron chi connectivity index (χ2n) is 4.34. The first-order valence-electron chi connectivity index (χ1n) is 5.88. The van der Waals surface area contributed by atoms with Crippen LogP contribution in [0.4, 0.5) is 0 Å². The molecule has 0 aliphatic heterocycles. The standard InChI is InChI=1S/C11H19N3O4S2/c1-14(2)19(15,16)8-7-13-20(17,18)11-5-3-10(9-12)4-6-11/h3-6,13H,7-9,12H2,1-2H3. The Balaban J connectivity index is 2.71. The highest BCUT2D eigenvalue weighted by atomic mass is 32.2. The highest BCUT2D eigenvalue weighted by Crippen LogP contribution is 2.10. The maximum absolute atomic E-state index is 11.9. The van der Waals surface area contributed by atoms with E-state index in [-0.39, 0.29) is 17.2 Å². The first-order chi connectivity index (χ1) is 9.19. The molecule has 0 spiro atoms. The molecule has 0 unspecified atom stereocenters. The highest BCUT2D eigenvalue weighted by molar-refractivity contribution is 7.90. The van der Waals surface area contributed by atoms with Crippen molar-refractivity contribution in [2.45, 2.75) is 11.4 Å². The predicted molar refractivity (Wildman–Crippen MR) is 77.0 cm³/mol. The van der Waals surface area contributed by atoms with Gasteiger partial charge in [0.15, 0.2) is 0 Å². The fraction of sp³-hybridized carbons (Fsp3) is 0.455. The smallest absolute Gasteiger partial charge is 0.240 e. The number of hydrogen-bond acceptors (Lipinski definition) is 5. The number of nitrogens with zero attached hydrogens (tertiary/aromatic N) is 1. The van der Waals surface area contributed by atoms with E-state index in [4.69, 9.17) is 5.73 Å². The molecule has 0 bridgehead atoms. The van der Waals surface area contributed by atoms with E-state index in [1.54, 1.807) is 12.1 Å². The van der Waals surface area contributed by atoms with E-state index < -0.39 is 20.0 Å². The molecule has 0 fully saturated rings. The van der Waals surface area contributed by atoms with Crippen molar-refractivity contribution in [1.82, 2.24) is 9.03 Å². The van der Waals surface area contributed by atoms with E-state index in [0.717, 1.165) is 9.87 Å². The number of hydrogen-bond donors (Lipinski definition) is 2. The average Bonchev–Trinajstić information content (AvgIpc) is 2.38. The summed E-state index contributed by atoms with van der Waals surface area (Å²) in [6, 6.07) is 6.10. The summed E-state index contributed by atoms with van der Waals surface area (Å²) in [7, 11) is -4.33. The molecule has 0 aromatic heterocycles. The first kappa shape index (κ1) is 17.1. The molecule has 1 aromatic rings. The molecule has 0 aliphatic carbocycles. The minimum absolute atomic E-state index is 0.0805. The minimum Gasteiger partial charge on any atom is -0.326 e. The summed E-state index contributed by atoms with van der Waals surface area (Å²) in [5.74, 6) is -0.292. The number of nitrogens with two attached hydrogens (primary N) is 1. The molecule has 114 valence electrons. The Morgan fingerprint density at radius 1 is 1.10 bits per heavy atom. The quantitative estimate of drug-likeness (QED) is 0.691. The zero-order valence-corrected chi connectivity index (χ0v) is 13.0. The molecular formula is C11H19N3O4S2. The molecule has 1 aromatic carbocycles. The third-order valence-electron chi connectivity index (χ3n) is 2.68. The Bertz CT molecular complexity index is 637. The van der Waals surface area contributed by atoms with Gasteiger partial charge in [0.1, 0.15) is 0 Å². The minimum atomic E-state index is -3.71. The van der Waals surface area contributed by atoms with Crippen LogP contribution in [-0.2, 0) is 26.6 Å². The van der Waals surface area contributed by atoms with E-state index in [2.05, 4.69) is 4.72 Å². The van der Waals surface area contributed by atoms with Crippen LogP contribution in [-0.4, -0.2) is 47.5 Å². The van der Waals surface area contributed by atoms with Gasteiger partial charge >= 0.3 is 0 Å². The third-order valence-corrected chi connectivity index (χ3v) is 5.99. The van der Waals surface area contributed by atoms with Crippen molar-refractivity contribution in [1.29, 1.82) is 0 Å². The molecule has 20 heavy (non-hydrogen) atoms. The van der Waals surface area contributed by atoms with Crippen molar-refractivity contribution in [2.75, 3.05) is 26.4 Å². The predicted octanol–water partition coefficient (Wildman–Crippen LogP) is -0.685. The second kappa shape index (κ2) is 6.64. The summed E-state index contributed by atoms with van der Waals surface area (Å²) < 4.78 is 50.2. The van der Waals surface area contributed by atoms with Gasteiger partial charge in [-0.05, 0) is 17.7 Å². The van der Waals surface area contributed by atoms with Crippen molar-refractivity contribution < 1.29 is 16.8 Å². The van der Waals surface area contributed by atoms with Crippen molar-refractivity contribution in [3.8, 4) is 0 Å². The number of rotatable bonds is 7. The second-order valence-corrected chi connectivity index (χ2v) is 8.41. The normalized spacial score (nSPS) is 12.8. The molecular weight excluding hydrogens is 302 g/mol. The van der Waals surface area contributed by atoms with E-state index in [1.807, 2.05) is 0 Å². The first-order valence-corrected chi connectivity index (χ1v) is 8.97. The Kier molecular flexibility index (Phi) is 5.66. The summed E-state index contributed by atoms with van der Waals surface area (Å²) in [5, 5.41) is 0. The van der Waals surface area contributed by atoms with Crippen LogP contribution < -0.4 is 10.5 Å². The van der Waals surface area contributed by atoms with Gasteiger partial charge in [0.05, 0.1) is 10.6 Å². The fourth-order valence-corrected chi connectivity index (χ4v) is 3.26. The van der Waals surface area contributed by atoms with E-state index in [0.29, 0.717) is 6.54 Å². The van der Waals surface area contributed by atoms with Crippen LogP contribution in [0.5, 0.6) is 0 Å². The lowest BCUT2D eigenvalue weighted by Gasteiger charge is -2.12. The number of sulfonamides is 2. The molecule has 0 atom stereocenters. The van der Waals surface area contributed by atoms with Gasteiger partial charge < -0.3 is 5.73 Å². The van der Waals surface area contributed by atoms with Crippen molar-refractivity contribution in [3.63, 3.8) is 0 Å². The maximum Gasteiger partial charge on any atom is 0.240 e. The Labute approximate surface area is 119 Å². The zero-order chi connectivity index (χ0) is 15.4. The van der Waals surface area contributed by atoms with Crippen molar-refractivity contribution in [3.05, 3.63) is 29.8 Å². The number of nitrogens with one attached hydrogen (secondary N) is 1. The van der Waals surface area contributed by atoms with Crippen LogP contribution in [0, 0.1) is 0 Å². The topological polar surface area (TPSA) is 110 Å². The van der Waals surface area contributed by atoms with Gasteiger partial charge in [0, 0.05) is 27.2 Å². The van der Waals surface area contributed by atoms with Crippen LogP contribution >= 0.6 is 0 Å². The summed E-state index contributed by atoms with van der Waals surface area (Å²) in [6.07, 6.45) is 0.